The van der Waals surface area contributed by atoms with E-state index in [1.54, 1.807) is 19.1 Å². The van der Waals surface area contributed by atoms with E-state index < -0.39 is 0 Å². The smallest absolute Gasteiger partial charge is 0.264 e. The third-order valence-corrected chi connectivity index (χ3v) is 2.86. The number of aromatic nitrogens is 2. The van der Waals surface area contributed by atoms with Gasteiger partial charge < -0.3 is 5.10 Å². The van der Waals surface area contributed by atoms with E-state index in [0.29, 0.717) is 16.4 Å². The van der Waals surface area contributed by atoms with E-state index in [4.69, 9.17) is 11.6 Å². The maximum atomic E-state index is 11.6. The first kappa shape index (κ1) is 14.1. The molecular formula is C13H13ClN4O2. The van der Waals surface area contributed by atoms with Gasteiger partial charge in [-0.1, -0.05) is 23.7 Å². The molecule has 0 bridgehead atoms. The van der Waals surface area contributed by atoms with Gasteiger partial charge in [0.05, 0.1) is 12.1 Å². The molecule has 0 radical (unpaired) electrons. The van der Waals surface area contributed by atoms with E-state index >= 15 is 0 Å². The van der Waals surface area contributed by atoms with E-state index in [9.17, 15) is 9.59 Å². The average Bonchev–Trinajstić information content (AvgIpc) is 2.82. The van der Waals surface area contributed by atoms with Crippen molar-refractivity contribution in [1.29, 1.82) is 0 Å². The van der Waals surface area contributed by atoms with Gasteiger partial charge in [-0.05, 0) is 24.6 Å². The molecule has 0 spiro atoms. The van der Waals surface area contributed by atoms with Gasteiger partial charge in [0, 0.05) is 16.8 Å². The Balaban J connectivity index is 1.96. The fraction of sp³-hybridized carbons (Fsp3) is 0.154. The first-order valence-corrected chi connectivity index (χ1v) is 6.28. The summed E-state index contributed by atoms with van der Waals surface area (Å²) in [7, 11) is 0. The molecule has 0 unspecified atom stereocenters. The minimum absolute atomic E-state index is 0.0517. The molecule has 0 fully saturated rings. The van der Waals surface area contributed by atoms with E-state index in [1.165, 1.54) is 6.07 Å². The molecule has 3 N–H and O–H groups in total. The predicted molar refractivity (Wildman–Crippen MR) is 76.9 cm³/mol. The van der Waals surface area contributed by atoms with Crippen LogP contribution in [0.4, 0.5) is 0 Å². The molecule has 7 heteroatoms. The Morgan fingerprint density at radius 3 is 2.60 bits per heavy atom. The van der Waals surface area contributed by atoms with Crippen LogP contribution in [0.3, 0.4) is 0 Å². The van der Waals surface area contributed by atoms with Crippen molar-refractivity contribution in [2.45, 2.75) is 13.3 Å². The van der Waals surface area contributed by atoms with E-state index in [2.05, 4.69) is 20.7 Å². The second-order valence-corrected chi connectivity index (χ2v) is 4.64. The van der Waals surface area contributed by atoms with Crippen molar-refractivity contribution in [3.8, 4) is 0 Å². The topological polar surface area (TPSA) is 90.1 Å². The van der Waals surface area contributed by atoms with Gasteiger partial charge in [-0.2, -0.15) is 5.10 Å². The van der Waals surface area contributed by atoms with Gasteiger partial charge in [0.15, 0.2) is 0 Å². The number of carbonyl (C=O) groups excluding carboxylic acids is 1. The molecule has 0 aliphatic heterocycles. The summed E-state index contributed by atoms with van der Waals surface area (Å²) in [6.45, 7) is 1.78. The van der Waals surface area contributed by atoms with Crippen LogP contribution < -0.4 is 11.0 Å². The molecule has 1 aromatic heterocycles. The number of nitrogens with one attached hydrogen (secondary N) is 3. The Morgan fingerprint density at radius 1 is 1.30 bits per heavy atom. The summed E-state index contributed by atoms with van der Waals surface area (Å²) in [6.07, 6.45) is 0.0517. The molecule has 6 nitrogen and oxygen atoms in total. The molecule has 2 aromatic rings. The van der Waals surface area contributed by atoms with Crippen LogP contribution in [0.2, 0.25) is 5.02 Å². The number of carbonyl (C=O) groups is 1. The Morgan fingerprint density at radius 2 is 2.00 bits per heavy atom. The largest absolute Gasteiger partial charge is 0.302 e. The number of nitrogens with zero attached hydrogens (tertiary/aromatic N) is 1. The highest BCUT2D eigenvalue weighted by Gasteiger charge is 2.05. The number of benzene rings is 1. The van der Waals surface area contributed by atoms with E-state index in [0.717, 1.165) is 5.56 Å². The normalized spacial score (nSPS) is 11.4. The lowest BCUT2D eigenvalue weighted by atomic mass is 10.1. The van der Waals surface area contributed by atoms with Crippen molar-refractivity contribution in [3.05, 3.63) is 57.0 Å². The lowest BCUT2D eigenvalue weighted by molar-refractivity contribution is -0.120. The summed E-state index contributed by atoms with van der Waals surface area (Å²) in [6, 6.07) is 8.47. The van der Waals surface area contributed by atoms with Crippen molar-refractivity contribution in [1.82, 2.24) is 15.6 Å². The Kier molecular flexibility index (Phi) is 4.37. The molecule has 104 valence electrons. The maximum absolute atomic E-state index is 11.6. The standard InChI is InChI=1S/C13H13ClN4O2/c1-8(9-2-4-10(14)5-3-9)15-17-12(19)6-11-7-13(20)18-16-11/h2-5,7H,6H2,1H3,(H,17,19)(H2,16,18,20)/b15-8+. The van der Waals surface area contributed by atoms with Gasteiger partial charge in [-0.3, -0.25) is 14.7 Å². The van der Waals surface area contributed by atoms with Crippen LogP contribution >= 0.6 is 11.6 Å². The predicted octanol–water partition coefficient (Wildman–Crippen LogP) is 1.44. The highest BCUT2D eigenvalue weighted by Crippen LogP contribution is 2.10. The summed E-state index contributed by atoms with van der Waals surface area (Å²) in [4.78, 5) is 22.5. The highest BCUT2D eigenvalue weighted by molar-refractivity contribution is 6.30. The Hall–Kier alpha value is -2.34. The lowest BCUT2D eigenvalue weighted by Gasteiger charge is -2.02. The number of aromatic amines is 2. The van der Waals surface area contributed by atoms with Crippen LogP contribution in [0.5, 0.6) is 0 Å². The number of hydrogen-bond acceptors (Lipinski definition) is 3. The monoisotopic (exact) mass is 292 g/mol. The minimum atomic E-state index is -0.312. The number of H-pyrrole nitrogens is 2. The van der Waals surface area contributed by atoms with Gasteiger partial charge in [-0.25, -0.2) is 5.43 Å². The van der Waals surface area contributed by atoms with Gasteiger partial charge in [0.25, 0.3) is 5.56 Å². The molecule has 1 aromatic carbocycles. The number of hydrazone groups is 1. The molecule has 0 aliphatic carbocycles. The second kappa shape index (κ2) is 6.21. The number of amides is 1. The first-order valence-electron chi connectivity index (χ1n) is 5.90. The summed E-state index contributed by atoms with van der Waals surface area (Å²) in [5, 5.41) is 9.60. The van der Waals surface area contributed by atoms with Crippen molar-refractivity contribution in [2.75, 3.05) is 0 Å². The van der Waals surface area contributed by atoms with Crippen molar-refractivity contribution in [2.24, 2.45) is 5.10 Å². The summed E-state index contributed by atoms with van der Waals surface area (Å²) >= 11 is 5.79. The quantitative estimate of drug-likeness (QED) is 0.588. The molecule has 0 aliphatic rings. The van der Waals surface area contributed by atoms with Gasteiger partial charge in [-0.15, -0.1) is 0 Å². The maximum Gasteiger partial charge on any atom is 0.264 e. The number of rotatable bonds is 4. The van der Waals surface area contributed by atoms with Crippen LogP contribution in [0.25, 0.3) is 0 Å². The second-order valence-electron chi connectivity index (χ2n) is 4.20. The van der Waals surface area contributed by atoms with Gasteiger partial charge in [0.1, 0.15) is 0 Å². The summed E-state index contributed by atoms with van der Waals surface area (Å²) in [5.41, 5.74) is 4.20. The van der Waals surface area contributed by atoms with Crippen LogP contribution in [0.1, 0.15) is 18.2 Å². The zero-order valence-corrected chi connectivity index (χ0v) is 11.5. The molecule has 1 heterocycles. The molecule has 0 saturated heterocycles. The summed E-state index contributed by atoms with van der Waals surface area (Å²) < 4.78 is 0. The molecular weight excluding hydrogens is 280 g/mol. The zero-order valence-electron chi connectivity index (χ0n) is 10.7. The van der Waals surface area contributed by atoms with Crippen molar-refractivity contribution < 1.29 is 4.79 Å². The van der Waals surface area contributed by atoms with Crippen LogP contribution in [-0.4, -0.2) is 21.8 Å². The van der Waals surface area contributed by atoms with Crippen LogP contribution in [0.15, 0.2) is 40.2 Å². The number of halogens is 1. The summed E-state index contributed by atoms with van der Waals surface area (Å²) in [5.74, 6) is -0.312. The third kappa shape index (κ3) is 3.83. The fourth-order valence-electron chi connectivity index (χ4n) is 1.58. The fourth-order valence-corrected chi connectivity index (χ4v) is 1.71. The van der Waals surface area contributed by atoms with Crippen LogP contribution in [-0.2, 0) is 11.2 Å². The number of hydrogen-bond donors (Lipinski definition) is 3. The Bertz CT molecular complexity index is 685. The molecule has 20 heavy (non-hydrogen) atoms. The third-order valence-electron chi connectivity index (χ3n) is 2.61. The zero-order chi connectivity index (χ0) is 14.5. The van der Waals surface area contributed by atoms with Crippen molar-refractivity contribution >= 4 is 23.2 Å². The molecule has 0 saturated carbocycles. The SMILES string of the molecule is C/C(=N\NC(=O)Cc1cc(=O)[nH][nH]1)c1ccc(Cl)cc1. The van der Waals surface area contributed by atoms with Crippen molar-refractivity contribution in [3.63, 3.8) is 0 Å². The molecule has 1 amide bonds. The average molecular weight is 293 g/mol. The Labute approximate surface area is 119 Å². The van der Waals surface area contributed by atoms with Crippen LogP contribution in [0, 0.1) is 0 Å². The van der Waals surface area contributed by atoms with E-state index in [-0.39, 0.29) is 17.9 Å². The molecule has 0 atom stereocenters. The van der Waals surface area contributed by atoms with Gasteiger partial charge in [0.2, 0.25) is 5.91 Å². The first-order chi connectivity index (χ1) is 9.54. The van der Waals surface area contributed by atoms with Gasteiger partial charge >= 0.3 is 0 Å². The minimum Gasteiger partial charge on any atom is -0.302 e. The molecule has 2 rings (SSSR count). The van der Waals surface area contributed by atoms with E-state index in [1.807, 2.05) is 12.1 Å². The lowest BCUT2D eigenvalue weighted by Crippen LogP contribution is -2.21. The highest BCUT2D eigenvalue weighted by atomic mass is 35.5.